The number of carboxylic acids is 1. The first-order valence-electron chi connectivity index (χ1n) is 9.14. The van der Waals surface area contributed by atoms with Crippen LogP contribution in [0.3, 0.4) is 0 Å². The van der Waals surface area contributed by atoms with Crippen molar-refractivity contribution in [3.63, 3.8) is 0 Å². The van der Waals surface area contributed by atoms with E-state index < -0.39 is 25.6 Å². The van der Waals surface area contributed by atoms with Crippen LogP contribution in [0.5, 0.6) is 5.75 Å². The molecule has 2 aromatic heterocycles. The summed E-state index contributed by atoms with van der Waals surface area (Å²) in [5.41, 5.74) is 6.83. The van der Waals surface area contributed by atoms with Gasteiger partial charge in [0.05, 0.1) is 19.0 Å². The standard InChI is InChI=1S/C18H23N6O5P/c1-12(8-24-10-22-15-16(19)20-9-21-17(15)24)28-11-30(27,23-13(2)18(25)26)29-14-6-4-3-5-7-14/h3-7,9-10,12-13H,8,11H2,1-2H3,(H,23,27)(H,25,26)(H2,19,20,21)/t12-,13+,30?/m1/s1. The monoisotopic (exact) mass is 434 g/mol. The predicted molar refractivity (Wildman–Crippen MR) is 110 cm³/mol. The van der Waals surface area contributed by atoms with Crippen molar-refractivity contribution in [1.29, 1.82) is 0 Å². The topological polar surface area (TPSA) is 154 Å². The average Bonchev–Trinajstić information content (AvgIpc) is 3.11. The Morgan fingerprint density at radius 3 is 2.70 bits per heavy atom. The fourth-order valence-corrected chi connectivity index (χ4v) is 4.47. The van der Waals surface area contributed by atoms with Crippen molar-refractivity contribution in [2.24, 2.45) is 0 Å². The second-order valence-electron chi connectivity index (χ2n) is 6.70. The summed E-state index contributed by atoms with van der Waals surface area (Å²) in [6, 6.07) is 7.41. The molecule has 0 bridgehead atoms. The molecule has 30 heavy (non-hydrogen) atoms. The Balaban J connectivity index is 1.69. The minimum Gasteiger partial charge on any atom is -0.480 e. The minimum absolute atomic E-state index is 0.278. The lowest BCUT2D eigenvalue weighted by Crippen LogP contribution is -2.34. The third-order valence-electron chi connectivity index (χ3n) is 4.17. The lowest BCUT2D eigenvalue weighted by molar-refractivity contribution is -0.138. The van der Waals surface area contributed by atoms with Crippen molar-refractivity contribution in [3.8, 4) is 5.75 Å². The van der Waals surface area contributed by atoms with E-state index in [4.69, 9.17) is 15.0 Å². The molecule has 0 aliphatic carbocycles. The highest BCUT2D eigenvalue weighted by atomic mass is 31.2. The Hall–Kier alpha value is -3.01. The highest BCUT2D eigenvalue weighted by molar-refractivity contribution is 7.57. The Bertz CT molecular complexity index is 1060. The zero-order valence-corrected chi connectivity index (χ0v) is 17.4. The lowest BCUT2D eigenvalue weighted by Gasteiger charge is -2.24. The smallest absolute Gasteiger partial charge is 0.342 e. The largest absolute Gasteiger partial charge is 0.480 e. The number of benzene rings is 1. The van der Waals surface area contributed by atoms with Crippen LogP contribution in [0.2, 0.25) is 0 Å². The highest BCUT2D eigenvalue weighted by Crippen LogP contribution is 2.43. The molecule has 11 nitrogen and oxygen atoms in total. The van der Waals surface area contributed by atoms with Crippen LogP contribution in [-0.4, -0.2) is 49.1 Å². The van der Waals surface area contributed by atoms with Crippen LogP contribution in [0.15, 0.2) is 43.0 Å². The molecule has 0 saturated carbocycles. The van der Waals surface area contributed by atoms with Gasteiger partial charge in [-0.25, -0.2) is 20.0 Å². The number of para-hydroxylation sites is 1. The van der Waals surface area contributed by atoms with Gasteiger partial charge in [0, 0.05) is 0 Å². The SMILES string of the molecule is C[C@H](Cn1cnc2c(N)ncnc21)OCP(=O)(N[C@@H](C)C(=O)O)Oc1ccccc1. The fraction of sp³-hybridized carbons (Fsp3) is 0.333. The second-order valence-corrected chi connectivity index (χ2v) is 8.75. The summed E-state index contributed by atoms with van der Waals surface area (Å²) in [7, 11) is -3.67. The first-order valence-corrected chi connectivity index (χ1v) is 11.0. The maximum Gasteiger partial charge on any atom is 0.342 e. The van der Waals surface area contributed by atoms with Crippen LogP contribution >= 0.6 is 7.52 Å². The summed E-state index contributed by atoms with van der Waals surface area (Å²) in [6.07, 6.45) is 2.18. The van der Waals surface area contributed by atoms with E-state index in [0.717, 1.165) is 0 Å². The van der Waals surface area contributed by atoms with Gasteiger partial charge in [-0.1, -0.05) is 18.2 Å². The summed E-state index contributed by atoms with van der Waals surface area (Å²) in [6.45, 7) is 3.52. The number of imidazole rings is 1. The first kappa shape index (κ1) is 21.7. The number of hydrogen-bond donors (Lipinski definition) is 3. The van der Waals surface area contributed by atoms with Crippen molar-refractivity contribution >= 4 is 30.5 Å². The van der Waals surface area contributed by atoms with Crippen LogP contribution in [0, 0.1) is 0 Å². The number of nitrogen functional groups attached to an aromatic ring is 1. The molecule has 0 saturated heterocycles. The number of aliphatic carboxylic acids is 1. The first-order chi connectivity index (χ1) is 14.3. The molecule has 0 fully saturated rings. The van der Waals surface area contributed by atoms with Gasteiger partial charge in [0.2, 0.25) is 0 Å². The molecule has 0 amide bonds. The molecular weight excluding hydrogens is 411 g/mol. The van der Waals surface area contributed by atoms with E-state index in [1.807, 2.05) is 0 Å². The fourth-order valence-electron chi connectivity index (χ4n) is 2.68. The molecule has 0 radical (unpaired) electrons. The zero-order chi connectivity index (χ0) is 21.7. The van der Waals surface area contributed by atoms with E-state index in [9.17, 15) is 14.5 Å². The Morgan fingerprint density at radius 2 is 2.00 bits per heavy atom. The molecule has 1 aromatic carbocycles. The molecule has 0 aliphatic rings. The second kappa shape index (κ2) is 9.21. The number of hydrogen-bond acceptors (Lipinski definition) is 8. The summed E-state index contributed by atoms with van der Waals surface area (Å²) in [5, 5.41) is 11.7. The number of nitrogens with two attached hydrogens (primary N) is 1. The van der Waals surface area contributed by atoms with Crippen molar-refractivity contribution in [2.75, 3.05) is 12.1 Å². The molecule has 3 atom stereocenters. The number of nitrogens with zero attached hydrogens (tertiary/aromatic N) is 4. The van der Waals surface area contributed by atoms with E-state index in [0.29, 0.717) is 23.5 Å². The summed E-state index contributed by atoms with van der Waals surface area (Å²) in [5.74, 6) is -0.531. The molecule has 12 heteroatoms. The number of rotatable bonds is 10. The molecular formula is C18H23N6O5P. The van der Waals surface area contributed by atoms with Crippen LogP contribution < -0.4 is 15.3 Å². The number of fused-ring (bicyclic) bond motifs is 1. The van der Waals surface area contributed by atoms with Gasteiger partial charge >= 0.3 is 13.5 Å². The predicted octanol–water partition coefficient (Wildman–Crippen LogP) is 2.11. The van der Waals surface area contributed by atoms with E-state index in [1.54, 1.807) is 48.1 Å². The molecule has 0 spiro atoms. The third-order valence-corrected chi connectivity index (χ3v) is 5.94. The quantitative estimate of drug-likeness (QED) is 0.404. The maximum atomic E-state index is 13.3. The van der Waals surface area contributed by atoms with Crippen molar-refractivity contribution in [1.82, 2.24) is 24.6 Å². The molecule has 0 aliphatic heterocycles. The van der Waals surface area contributed by atoms with Crippen LogP contribution in [0.4, 0.5) is 5.82 Å². The number of anilines is 1. The van der Waals surface area contributed by atoms with E-state index in [-0.39, 0.29) is 12.2 Å². The normalized spacial score (nSPS) is 15.4. The van der Waals surface area contributed by atoms with Gasteiger partial charge in [0.15, 0.2) is 11.5 Å². The lowest BCUT2D eigenvalue weighted by atomic mass is 10.3. The minimum atomic E-state index is -3.67. The number of aromatic nitrogens is 4. The van der Waals surface area contributed by atoms with Crippen LogP contribution in [0.1, 0.15) is 13.8 Å². The van der Waals surface area contributed by atoms with Crippen molar-refractivity contribution in [3.05, 3.63) is 43.0 Å². The summed E-state index contributed by atoms with van der Waals surface area (Å²) < 4.78 is 26.4. The van der Waals surface area contributed by atoms with Gasteiger partial charge in [-0.15, -0.1) is 0 Å². The summed E-state index contributed by atoms with van der Waals surface area (Å²) in [4.78, 5) is 23.5. The molecule has 160 valence electrons. The van der Waals surface area contributed by atoms with Crippen molar-refractivity contribution in [2.45, 2.75) is 32.5 Å². The van der Waals surface area contributed by atoms with Crippen molar-refractivity contribution < 1.29 is 23.7 Å². The number of carboxylic acid groups (broad SMARTS) is 1. The Kier molecular flexibility index (Phi) is 6.66. The van der Waals surface area contributed by atoms with E-state index in [1.165, 1.54) is 13.3 Å². The number of ether oxygens (including phenoxy) is 1. The molecule has 1 unspecified atom stereocenters. The molecule has 3 aromatic rings. The van der Waals surface area contributed by atoms with Gasteiger partial charge < -0.3 is 24.7 Å². The van der Waals surface area contributed by atoms with Gasteiger partial charge in [-0.05, 0) is 26.0 Å². The summed E-state index contributed by atoms with van der Waals surface area (Å²) >= 11 is 0. The molecule has 2 heterocycles. The molecule has 4 N–H and O–H groups in total. The van der Waals surface area contributed by atoms with Gasteiger partial charge in [0.25, 0.3) is 0 Å². The Morgan fingerprint density at radius 1 is 1.27 bits per heavy atom. The average molecular weight is 434 g/mol. The maximum absolute atomic E-state index is 13.3. The van der Waals surface area contributed by atoms with Gasteiger partial charge in [-0.2, -0.15) is 0 Å². The van der Waals surface area contributed by atoms with Crippen LogP contribution in [0.25, 0.3) is 11.2 Å². The molecule has 3 rings (SSSR count). The van der Waals surface area contributed by atoms with Gasteiger partial charge in [-0.3, -0.25) is 9.36 Å². The third kappa shape index (κ3) is 5.32. The highest BCUT2D eigenvalue weighted by Gasteiger charge is 2.31. The zero-order valence-electron chi connectivity index (χ0n) is 16.5. The number of carbonyl (C=O) groups is 1. The van der Waals surface area contributed by atoms with E-state index in [2.05, 4.69) is 20.0 Å². The van der Waals surface area contributed by atoms with Crippen LogP contribution in [-0.2, 0) is 20.6 Å². The van der Waals surface area contributed by atoms with Gasteiger partial charge in [0.1, 0.15) is 30.0 Å². The number of nitrogens with one attached hydrogen (secondary N) is 1. The Labute approximate surface area is 172 Å². The van der Waals surface area contributed by atoms with E-state index >= 15 is 0 Å².